The summed E-state index contributed by atoms with van der Waals surface area (Å²) in [6, 6.07) is 10.8. The van der Waals surface area contributed by atoms with E-state index in [1.165, 1.54) is 0 Å². The Kier molecular flexibility index (Phi) is 5.82. The molecule has 0 amide bonds. The molecule has 0 radical (unpaired) electrons. The molecule has 2 rings (SSSR count). The van der Waals surface area contributed by atoms with Crippen molar-refractivity contribution in [3.05, 3.63) is 58.1 Å². The van der Waals surface area contributed by atoms with Crippen LogP contribution in [0.4, 0.5) is 0 Å². The van der Waals surface area contributed by atoms with E-state index in [1.54, 1.807) is 26.2 Å². The fourth-order valence-corrected chi connectivity index (χ4v) is 4.28. The molecule has 2 aromatic rings. The van der Waals surface area contributed by atoms with Crippen LogP contribution in [-0.4, -0.2) is 22.1 Å². The lowest BCUT2D eigenvalue weighted by molar-refractivity contribution is 0.411. The molecule has 0 aliphatic heterocycles. The quantitative estimate of drug-likeness (QED) is 0.814. The number of aryl methyl sites for hydroxylation is 2. The number of nitrogens with one attached hydrogen (secondary N) is 1. The first-order valence-electron chi connectivity index (χ1n) is 7.98. The molecule has 25 heavy (non-hydrogen) atoms. The van der Waals surface area contributed by atoms with Crippen LogP contribution in [0.2, 0.25) is 5.02 Å². The topological polar surface area (TPSA) is 55.4 Å². The first-order valence-corrected chi connectivity index (χ1v) is 9.84. The predicted octanol–water partition coefficient (Wildman–Crippen LogP) is 4.22. The highest BCUT2D eigenvalue weighted by molar-refractivity contribution is 7.89. The standard InChI is InChI=1S/C19H24ClNO3S/c1-13-11-18(14(2)10-17(13)24-5)25(22,23)21-12-19(3,4)15-6-8-16(20)9-7-15/h6-11,21H,12H2,1-5H3. The maximum absolute atomic E-state index is 12.8. The van der Waals surface area contributed by atoms with Crippen LogP contribution in [0.1, 0.15) is 30.5 Å². The maximum Gasteiger partial charge on any atom is 0.240 e. The Balaban J connectivity index is 2.24. The van der Waals surface area contributed by atoms with Gasteiger partial charge < -0.3 is 4.74 Å². The second kappa shape index (κ2) is 7.36. The van der Waals surface area contributed by atoms with Crippen molar-refractivity contribution in [3.63, 3.8) is 0 Å². The van der Waals surface area contributed by atoms with Gasteiger partial charge in [0.2, 0.25) is 10.0 Å². The number of sulfonamides is 1. The Morgan fingerprint density at radius 2 is 1.68 bits per heavy atom. The van der Waals surface area contributed by atoms with Gasteiger partial charge in [0, 0.05) is 17.0 Å². The minimum Gasteiger partial charge on any atom is -0.496 e. The number of benzene rings is 2. The van der Waals surface area contributed by atoms with Crippen molar-refractivity contribution in [1.29, 1.82) is 0 Å². The fourth-order valence-electron chi connectivity index (χ4n) is 2.63. The van der Waals surface area contributed by atoms with Crippen LogP contribution in [0.25, 0.3) is 0 Å². The van der Waals surface area contributed by atoms with Crippen molar-refractivity contribution in [2.24, 2.45) is 0 Å². The second-order valence-electron chi connectivity index (χ2n) is 6.80. The Labute approximate surface area is 155 Å². The Morgan fingerprint density at radius 3 is 2.24 bits per heavy atom. The summed E-state index contributed by atoms with van der Waals surface area (Å²) in [5.41, 5.74) is 2.08. The van der Waals surface area contributed by atoms with Crippen LogP contribution in [0.3, 0.4) is 0 Å². The van der Waals surface area contributed by atoms with E-state index in [0.29, 0.717) is 16.3 Å². The molecule has 2 aromatic carbocycles. The molecule has 6 heteroatoms. The molecule has 0 aromatic heterocycles. The number of ether oxygens (including phenoxy) is 1. The number of hydrogen-bond acceptors (Lipinski definition) is 3. The van der Waals surface area contributed by atoms with Crippen LogP contribution in [0, 0.1) is 13.8 Å². The highest BCUT2D eigenvalue weighted by Gasteiger charge is 2.25. The SMILES string of the molecule is COc1cc(C)c(S(=O)(=O)NCC(C)(C)c2ccc(Cl)cc2)cc1C. The van der Waals surface area contributed by atoms with E-state index in [-0.39, 0.29) is 16.9 Å². The summed E-state index contributed by atoms with van der Waals surface area (Å²) >= 11 is 5.93. The Morgan fingerprint density at radius 1 is 1.08 bits per heavy atom. The third-order valence-electron chi connectivity index (χ3n) is 4.31. The molecule has 0 fully saturated rings. The molecule has 136 valence electrons. The zero-order valence-electron chi connectivity index (χ0n) is 15.2. The lowest BCUT2D eigenvalue weighted by Gasteiger charge is -2.26. The molecular formula is C19H24ClNO3S. The van der Waals surface area contributed by atoms with E-state index in [0.717, 1.165) is 11.1 Å². The third-order valence-corrected chi connectivity index (χ3v) is 6.11. The highest BCUT2D eigenvalue weighted by atomic mass is 35.5. The predicted molar refractivity (Wildman–Crippen MR) is 102 cm³/mol. The van der Waals surface area contributed by atoms with E-state index in [2.05, 4.69) is 4.72 Å². The van der Waals surface area contributed by atoms with Gasteiger partial charge in [-0.1, -0.05) is 37.6 Å². The lowest BCUT2D eigenvalue weighted by atomic mass is 9.85. The lowest BCUT2D eigenvalue weighted by Crippen LogP contribution is -2.37. The molecule has 0 aliphatic carbocycles. The number of rotatable bonds is 6. The van der Waals surface area contributed by atoms with Crippen molar-refractivity contribution >= 4 is 21.6 Å². The van der Waals surface area contributed by atoms with E-state index in [1.807, 2.05) is 45.0 Å². The summed E-state index contributed by atoms with van der Waals surface area (Å²) in [6.07, 6.45) is 0. The molecule has 0 aliphatic rings. The van der Waals surface area contributed by atoms with Crippen LogP contribution < -0.4 is 9.46 Å². The summed E-state index contributed by atoms with van der Waals surface area (Å²) in [4.78, 5) is 0.276. The smallest absolute Gasteiger partial charge is 0.240 e. The van der Waals surface area contributed by atoms with Crippen LogP contribution >= 0.6 is 11.6 Å². The summed E-state index contributed by atoms with van der Waals surface area (Å²) < 4.78 is 33.5. The summed E-state index contributed by atoms with van der Waals surface area (Å²) in [5, 5.41) is 0.657. The second-order valence-corrected chi connectivity index (χ2v) is 8.97. The van der Waals surface area contributed by atoms with Crippen LogP contribution in [0.15, 0.2) is 41.3 Å². The molecule has 0 spiro atoms. The van der Waals surface area contributed by atoms with Gasteiger partial charge in [0.15, 0.2) is 0 Å². The van der Waals surface area contributed by atoms with E-state index >= 15 is 0 Å². The minimum absolute atomic E-state index is 0.276. The maximum atomic E-state index is 12.8. The number of hydrogen-bond donors (Lipinski definition) is 1. The summed E-state index contributed by atoms with van der Waals surface area (Å²) in [6.45, 7) is 7.85. The van der Waals surface area contributed by atoms with E-state index < -0.39 is 10.0 Å². The van der Waals surface area contributed by atoms with Crippen molar-refractivity contribution in [1.82, 2.24) is 4.72 Å². The van der Waals surface area contributed by atoms with Gasteiger partial charge in [0.1, 0.15) is 5.75 Å². The highest BCUT2D eigenvalue weighted by Crippen LogP contribution is 2.27. The van der Waals surface area contributed by atoms with Gasteiger partial charge in [-0.15, -0.1) is 0 Å². The monoisotopic (exact) mass is 381 g/mol. The van der Waals surface area contributed by atoms with Crippen LogP contribution in [0.5, 0.6) is 5.75 Å². The average Bonchev–Trinajstić information content (AvgIpc) is 2.55. The fraction of sp³-hybridized carbons (Fsp3) is 0.368. The van der Waals surface area contributed by atoms with Crippen molar-refractivity contribution < 1.29 is 13.2 Å². The first kappa shape index (κ1) is 19.8. The summed E-state index contributed by atoms with van der Waals surface area (Å²) in [7, 11) is -2.05. The molecule has 1 N–H and O–H groups in total. The van der Waals surface area contributed by atoms with E-state index in [9.17, 15) is 8.42 Å². The molecule has 0 saturated heterocycles. The van der Waals surface area contributed by atoms with Crippen LogP contribution in [-0.2, 0) is 15.4 Å². The molecular weight excluding hydrogens is 358 g/mol. The van der Waals surface area contributed by atoms with Crippen molar-refractivity contribution in [3.8, 4) is 5.75 Å². The van der Waals surface area contributed by atoms with Gasteiger partial charge in [-0.05, 0) is 54.8 Å². The molecule has 0 bridgehead atoms. The zero-order chi connectivity index (χ0) is 18.8. The largest absolute Gasteiger partial charge is 0.496 e. The first-order chi connectivity index (χ1) is 11.6. The van der Waals surface area contributed by atoms with E-state index in [4.69, 9.17) is 16.3 Å². The average molecular weight is 382 g/mol. The normalized spacial score (nSPS) is 12.2. The number of methoxy groups -OCH3 is 1. The van der Waals surface area contributed by atoms with Crippen molar-refractivity contribution in [2.45, 2.75) is 38.0 Å². The summed E-state index contributed by atoms with van der Waals surface area (Å²) in [5.74, 6) is 0.679. The van der Waals surface area contributed by atoms with Gasteiger partial charge >= 0.3 is 0 Å². The molecule has 4 nitrogen and oxygen atoms in total. The number of halogens is 1. The molecule has 0 unspecified atom stereocenters. The zero-order valence-corrected chi connectivity index (χ0v) is 16.8. The van der Waals surface area contributed by atoms with Crippen molar-refractivity contribution in [2.75, 3.05) is 13.7 Å². The van der Waals surface area contributed by atoms with Gasteiger partial charge in [-0.25, -0.2) is 13.1 Å². The third kappa shape index (κ3) is 4.54. The molecule has 0 heterocycles. The Hall–Kier alpha value is -1.56. The minimum atomic E-state index is -3.62. The Bertz CT molecular complexity index is 859. The van der Waals surface area contributed by atoms with Gasteiger partial charge in [-0.3, -0.25) is 0 Å². The van der Waals surface area contributed by atoms with Gasteiger partial charge in [0.25, 0.3) is 0 Å². The van der Waals surface area contributed by atoms with Gasteiger partial charge in [0.05, 0.1) is 12.0 Å². The molecule has 0 saturated carbocycles. The molecule has 0 atom stereocenters. The van der Waals surface area contributed by atoms with Gasteiger partial charge in [-0.2, -0.15) is 0 Å².